The molecule has 0 radical (unpaired) electrons. The topological polar surface area (TPSA) is 93.8 Å². The highest BCUT2D eigenvalue weighted by atomic mass is 16.7. The molecule has 19 heavy (non-hydrogen) atoms. The molecule has 0 aliphatic carbocycles. The van der Waals surface area contributed by atoms with Crippen molar-refractivity contribution >= 4 is 5.91 Å². The number of phenolic OH excluding ortho intramolecular Hbond substituents is 1. The van der Waals surface area contributed by atoms with Gasteiger partial charge in [0.1, 0.15) is 5.75 Å². The van der Waals surface area contributed by atoms with Crippen LogP contribution in [0.4, 0.5) is 0 Å². The summed E-state index contributed by atoms with van der Waals surface area (Å²) >= 11 is 0. The molecule has 0 heterocycles. The number of phenols is 1. The van der Waals surface area contributed by atoms with Crippen LogP contribution in [0.5, 0.6) is 5.75 Å². The maximum Gasteiger partial charge on any atom is 0.237 e. The summed E-state index contributed by atoms with van der Waals surface area (Å²) < 4.78 is 9.91. The zero-order chi connectivity index (χ0) is 14.3. The van der Waals surface area contributed by atoms with Crippen molar-refractivity contribution in [2.75, 3.05) is 20.8 Å². The van der Waals surface area contributed by atoms with Gasteiger partial charge in [-0.15, -0.1) is 0 Å². The zero-order valence-electron chi connectivity index (χ0n) is 11.1. The van der Waals surface area contributed by atoms with Gasteiger partial charge in [-0.25, -0.2) is 0 Å². The maximum atomic E-state index is 11.8. The normalized spacial score (nSPS) is 12.4. The Morgan fingerprint density at radius 1 is 1.32 bits per heavy atom. The molecule has 0 aromatic heterocycles. The van der Waals surface area contributed by atoms with Crippen LogP contribution in [0.2, 0.25) is 0 Å². The van der Waals surface area contributed by atoms with Crippen LogP contribution in [0, 0.1) is 0 Å². The quantitative estimate of drug-likeness (QED) is 0.605. The van der Waals surface area contributed by atoms with E-state index in [1.807, 2.05) is 0 Å². The molecule has 0 saturated carbocycles. The number of benzene rings is 1. The first-order valence-electron chi connectivity index (χ1n) is 5.93. The molecule has 6 heteroatoms. The second-order valence-electron chi connectivity index (χ2n) is 4.12. The van der Waals surface area contributed by atoms with Crippen molar-refractivity contribution in [2.24, 2.45) is 5.73 Å². The molecule has 6 nitrogen and oxygen atoms in total. The van der Waals surface area contributed by atoms with E-state index in [-0.39, 0.29) is 18.2 Å². The Balaban J connectivity index is 2.42. The number of hydrogen-bond acceptors (Lipinski definition) is 5. The van der Waals surface area contributed by atoms with Crippen LogP contribution in [-0.2, 0) is 20.7 Å². The largest absolute Gasteiger partial charge is 0.508 e. The number of carbonyl (C=O) groups is 1. The molecule has 0 saturated heterocycles. The lowest BCUT2D eigenvalue weighted by Crippen LogP contribution is -2.45. The zero-order valence-corrected chi connectivity index (χ0v) is 11.1. The molecule has 0 aliphatic heterocycles. The molecule has 0 bridgehead atoms. The summed E-state index contributed by atoms with van der Waals surface area (Å²) in [5.74, 6) is -0.0861. The van der Waals surface area contributed by atoms with Crippen LogP contribution < -0.4 is 11.1 Å². The van der Waals surface area contributed by atoms with Gasteiger partial charge in [0.05, 0.1) is 12.6 Å². The van der Waals surface area contributed by atoms with Gasteiger partial charge in [-0.1, -0.05) is 12.1 Å². The molecule has 1 aromatic rings. The van der Waals surface area contributed by atoms with Gasteiger partial charge in [0, 0.05) is 14.2 Å². The molecular formula is C13H20N2O4. The third kappa shape index (κ3) is 5.25. The van der Waals surface area contributed by atoms with E-state index >= 15 is 0 Å². The van der Waals surface area contributed by atoms with E-state index in [9.17, 15) is 4.79 Å². The van der Waals surface area contributed by atoms with Crippen molar-refractivity contribution in [2.45, 2.75) is 18.8 Å². The standard InChI is InChI=1S/C13H20N2O4/c1-18-12(19-2)8-15-13(17)11(14)7-9-3-5-10(16)6-4-9/h3-6,11-12,16H,7-8,14H2,1-2H3,(H,15,17)/t11-/m1/s1. The predicted octanol–water partition coefficient (Wildman–Crippen LogP) is -0.00290. The number of nitrogens with one attached hydrogen (secondary N) is 1. The first kappa shape index (κ1) is 15.4. The Morgan fingerprint density at radius 2 is 1.89 bits per heavy atom. The van der Waals surface area contributed by atoms with E-state index in [0.29, 0.717) is 6.42 Å². The van der Waals surface area contributed by atoms with Gasteiger partial charge >= 0.3 is 0 Å². The average molecular weight is 268 g/mol. The third-order valence-corrected chi connectivity index (χ3v) is 2.70. The predicted molar refractivity (Wildman–Crippen MR) is 70.6 cm³/mol. The second-order valence-corrected chi connectivity index (χ2v) is 4.12. The number of rotatable bonds is 7. The van der Waals surface area contributed by atoms with Crippen LogP contribution in [0.25, 0.3) is 0 Å². The van der Waals surface area contributed by atoms with Gasteiger partial charge in [-0.05, 0) is 24.1 Å². The third-order valence-electron chi connectivity index (χ3n) is 2.70. The minimum atomic E-state index is -0.654. The number of carbonyl (C=O) groups excluding carboxylic acids is 1. The summed E-state index contributed by atoms with van der Waals surface area (Å²) in [6.45, 7) is 0.245. The summed E-state index contributed by atoms with van der Waals surface area (Å²) in [5.41, 5.74) is 6.68. The van der Waals surface area contributed by atoms with Crippen molar-refractivity contribution in [3.05, 3.63) is 29.8 Å². The van der Waals surface area contributed by atoms with Crippen molar-refractivity contribution in [3.8, 4) is 5.75 Å². The number of ether oxygens (including phenoxy) is 2. The highest BCUT2D eigenvalue weighted by Gasteiger charge is 2.15. The van der Waals surface area contributed by atoms with Gasteiger partial charge in [0.15, 0.2) is 6.29 Å². The Kier molecular flexibility index (Phi) is 6.27. The number of methoxy groups -OCH3 is 2. The van der Waals surface area contributed by atoms with Crippen LogP contribution >= 0.6 is 0 Å². The summed E-state index contributed by atoms with van der Waals surface area (Å²) in [6.07, 6.45) is -0.0821. The number of aromatic hydroxyl groups is 1. The highest BCUT2D eigenvalue weighted by molar-refractivity contribution is 5.81. The highest BCUT2D eigenvalue weighted by Crippen LogP contribution is 2.10. The maximum absolute atomic E-state index is 11.8. The molecule has 1 rings (SSSR count). The first-order chi connectivity index (χ1) is 9.06. The summed E-state index contributed by atoms with van der Waals surface area (Å²) in [7, 11) is 2.99. The molecule has 1 atom stereocenters. The minimum Gasteiger partial charge on any atom is -0.508 e. The van der Waals surface area contributed by atoms with Gasteiger partial charge in [0.25, 0.3) is 0 Å². The molecule has 4 N–H and O–H groups in total. The van der Waals surface area contributed by atoms with Gasteiger partial charge in [-0.2, -0.15) is 0 Å². The molecule has 0 spiro atoms. The van der Waals surface area contributed by atoms with Gasteiger partial charge in [0.2, 0.25) is 5.91 Å². The Bertz CT molecular complexity index is 390. The van der Waals surface area contributed by atoms with E-state index in [1.165, 1.54) is 14.2 Å². The van der Waals surface area contributed by atoms with Crippen molar-refractivity contribution < 1.29 is 19.4 Å². The summed E-state index contributed by atoms with van der Waals surface area (Å²) in [4.78, 5) is 11.8. The van der Waals surface area contributed by atoms with Gasteiger partial charge < -0.3 is 25.6 Å². The molecule has 1 aromatic carbocycles. The minimum absolute atomic E-state index is 0.185. The number of nitrogens with two attached hydrogens (primary N) is 1. The average Bonchev–Trinajstić information content (AvgIpc) is 2.42. The van der Waals surface area contributed by atoms with Crippen molar-refractivity contribution in [1.82, 2.24) is 5.32 Å². The fourth-order valence-electron chi connectivity index (χ4n) is 1.56. The van der Waals surface area contributed by atoms with Crippen LogP contribution in [-0.4, -0.2) is 44.1 Å². The summed E-state index contributed by atoms with van der Waals surface area (Å²) in [6, 6.07) is 5.93. The van der Waals surface area contributed by atoms with E-state index in [4.69, 9.17) is 20.3 Å². The van der Waals surface area contributed by atoms with E-state index < -0.39 is 12.3 Å². The first-order valence-corrected chi connectivity index (χ1v) is 5.93. The fourth-order valence-corrected chi connectivity index (χ4v) is 1.56. The number of amides is 1. The fraction of sp³-hybridized carbons (Fsp3) is 0.462. The summed E-state index contributed by atoms with van der Waals surface area (Å²) in [5, 5.41) is 11.8. The molecule has 0 aliphatic rings. The van der Waals surface area contributed by atoms with Crippen LogP contribution in [0.15, 0.2) is 24.3 Å². The van der Waals surface area contributed by atoms with Crippen LogP contribution in [0.3, 0.4) is 0 Å². The van der Waals surface area contributed by atoms with Crippen molar-refractivity contribution in [3.63, 3.8) is 0 Å². The van der Waals surface area contributed by atoms with E-state index in [1.54, 1.807) is 24.3 Å². The van der Waals surface area contributed by atoms with Crippen molar-refractivity contribution in [1.29, 1.82) is 0 Å². The lowest BCUT2D eigenvalue weighted by Gasteiger charge is -2.16. The Labute approximate surface area is 112 Å². The van der Waals surface area contributed by atoms with Gasteiger partial charge in [-0.3, -0.25) is 4.79 Å². The molecule has 1 amide bonds. The molecule has 0 unspecified atom stereocenters. The monoisotopic (exact) mass is 268 g/mol. The molecule has 106 valence electrons. The second kappa shape index (κ2) is 7.73. The lowest BCUT2D eigenvalue weighted by molar-refractivity contribution is -0.128. The van der Waals surface area contributed by atoms with E-state index in [0.717, 1.165) is 5.56 Å². The smallest absolute Gasteiger partial charge is 0.237 e. The Morgan fingerprint density at radius 3 is 2.42 bits per heavy atom. The van der Waals surface area contributed by atoms with Crippen LogP contribution in [0.1, 0.15) is 5.56 Å². The molecular weight excluding hydrogens is 248 g/mol. The lowest BCUT2D eigenvalue weighted by atomic mass is 10.1. The number of hydrogen-bond donors (Lipinski definition) is 3. The SMILES string of the molecule is COC(CNC(=O)[C@H](N)Cc1ccc(O)cc1)OC. The molecule has 0 fully saturated rings. The Hall–Kier alpha value is -1.63. The van der Waals surface area contributed by atoms with E-state index in [2.05, 4.69) is 5.32 Å².